The number of aryl methyl sites for hydroxylation is 1. The summed E-state index contributed by atoms with van der Waals surface area (Å²) in [4.78, 5) is 14.3. The van der Waals surface area contributed by atoms with Crippen molar-refractivity contribution in [1.29, 1.82) is 0 Å². The van der Waals surface area contributed by atoms with Crippen LogP contribution < -0.4 is 15.3 Å². The molecule has 0 atom stereocenters. The van der Waals surface area contributed by atoms with Crippen LogP contribution in [0.15, 0.2) is 39.5 Å². The van der Waals surface area contributed by atoms with Crippen LogP contribution in [0.2, 0.25) is 5.02 Å². The van der Waals surface area contributed by atoms with E-state index in [0.29, 0.717) is 34.2 Å². The number of anilines is 1. The van der Waals surface area contributed by atoms with E-state index in [1.165, 1.54) is 6.07 Å². The smallest absolute Gasteiger partial charge is 0.339 e. The molecule has 0 radical (unpaired) electrons. The largest absolute Gasteiger partial charge is 0.471 e. The molecule has 27 heavy (non-hydrogen) atoms. The number of nitrogens with zero attached hydrogens (tertiary/aromatic N) is 1. The third-order valence-electron chi connectivity index (χ3n) is 5.42. The van der Waals surface area contributed by atoms with Crippen LogP contribution in [0.4, 0.5) is 10.1 Å². The van der Waals surface area contributed by atoms with Gasteiger partial charge in [-0.05, 0) is 49.4 Å². The number of ether oxygens (including phenoxy) is 1. The van der Waals surface area contributed by atoms with Crippen molar-refractivity contribution in [3.8, 4) is 5.75 Å². The van der Waals surface area contributed by atoms with E-state index in [1.54, 1.807) is 23.1 Å². The van der Waals surface area contributed by atoms with Gasteiger partial charge in [-0.25, -0.2) is 9.18 Å². The van der Waals surface area contributed by atoms with Crippen LogP contribution in [0.3, 0.4) is 0 Å². The van der Waals surface area contributed by atoms with Crippen molar-refractivity contribution < 1.29 is 13.5 Å². The van der Waals surface area contributed by atoms with Crippen molar-refractivity contribution in [2.45, 2.75) is 32.2 Å². The van der Waals surface area contributed by atoms with Gasteiger partial charge < -0.3 is 14.1 Å². The van der Waals surface area contributed by atoms with Crippen LogP contribution in [-0.4, -0.2) is 6.73 Å². The number of halogens is 2. The highest BCUT2D eigenvalue weighted by Gasteiger charge is 2.28. The number of hydrogen-bond donors (Lipinski definition) is 0. The Morgan fingerprint density at radius 3 is 2.67 bits per heavy atom. The lowest BCUT2D eigenvalue weighted by molar-refractivity contribution is 0.287. The maximum atomic E-state index is 14.2. The summed E-state index contributed by atoms with van der Waals surface area (Å²) in [5.74, 6) is 0.186. The van der Waals surface area contributed by atoms with E-state index >= 15 is 0 Å². The summed E-state index contributed by atoms with van der Waals surface area (Å²) in [6.45, 7) is 0.531. The van der Waals surface area contributed by atoms with E-state index in [9.17, 15) is 9.18 Å². The standard InChI is InChI=1S/C21H17ClFNO3/c22-16-9-14-12-5-1-2-6-13(12)21(25)27-19(14)15-10-24(11-26-20(15)16)18-8-4-3-7-17(18)23/h3-4,7-9H,1-2,5-6,10-11H2. The Morgan fingerprint density at radius 2 is 1.85 bits per heavy atom. The van der Waals surface area contributed by atoms with Gasteiger partial charge in [-0.3, -0.25) is 0 Å². The molecule has 0 unspecified atom stereocenters. The first-order valence-electron chi connectivity index (χ1n) is 9.05. The van der Waals surface area contributed by atoms with Gasteiger partial charge in [-0.15, -0.1) is 0 Å². The SMILES string of the molecule is O=c1oc2c3c(c(Cl)cc2c2c1CCCC2)OCN(c1ccccc1F)C3. The average Bonchev–Trinajstić information content (AvgIpc) is 2.69. The first-order valence-corrected chi connectivity index (χ1v) is 9.43. The average molecular weight is 386 g/mol. The predicted octanol–water partition coefficient (Wildman–Crippen LogP) is 4.82. The molecule has 6 heteroatoms. The fourth-order valence-electron chi connectivity index (χ4n) is 4.13. The molecule has 2 aromatic carbocycles. The lowest BCUT2D eigenvalue weighted by Gasteiger charge is -2.32. The van der Waals surface area contributed by atoms with Gasteiger partial charge in [0.2, 0.25) is 0 Å². The van der Waals surface area contributed by atoms with Crippen molar-refractivity contribution in [2.24, 2.45) is 0 Å². The maximum absolute atomic E-state index is 14.2. The molecular weight excluding hydrogens is 369 g/mol. The zero-order valence-electron chi connectivity index (χ0n) is 14.6. The molecule has 138 valence electrons. The Kier molecular flexibility index (Phi) is 3.86. The predicted molar refractivity (Wildman–Crippen MR) is 102 cm³/mol. The van der Waals surface area contributed by atoms with Gasteiger partial charge >= 0.3 is 5.63 Å². The summed E-state index contributed by atoms with van der Waals surface area (Å²) in [7, 11) is 0. The monoisotopic (exact) mass is 385 g/mol. The molecule has 1 aliphatic carbocycles. The first-order chi connectivity index (χ1) is 13.1. The van der Waals surface area contributed by atoms with Crippen molar-refractivity contribution in [3.05, 3.63) is 68.3 Å². The highest BCUT2D eigenvalue weighted by atomic mass is 35.5. The first kappa shape index (κ1) is 16.6. The van der Waals surface area contributed by atoms with Crippen LogP contribution in [0.5, 0.6) is 5.75 Å². The second-order valence-corrected chi connectivity index (χ2v) is 7.43. The van der Waals surface area contributed by atoms with E-state index in [1.807, 2.05) is 6.07 Å². The Hall–Kier alpha value is -2.53. The zero-order chi connectivity index (χ0) is 18.5. The second kappa shape index (κ2) is 6.27. The number of benzene rings is 2. The molecule has 4 nitrogen and oxygen atoms in total. The van der Waals surface area contributed by atoms with Crippen LogP contribution in [0, 0.1) is 5.82 Å². The molecule has 0 amide bonds. The van der Waals surface area contributed by atoms with Gasteiger partial charge in [-0.2, -0.15) is 0 Å². The van der Waals surface area contributed by atoms with E-state index in [-0.39, 0.29) is 18.2 Å². The topological polar surface area (TPSA) is 42.7 Å². The van der Waals surface area contributed by atoms with Gasteiger partial charge in [0, 0.05) is 10.9 Å². The molecule has 1 aromatic heterocycles. The fourth-order valence-corrected chi connectivity index (χ4v) is 4.41. The lowest BCUT2D eigenvalue weighted by atomic mass is 9.90. The molecule has 3 aromatic rings. The van der Waals surface area contributed by atoms with Gasteiger partial charge in [0.15, 0.2) is 6.73 Å². The molecule has 0 N–H and O–H groups in total. The van der Waals surface area contributed by atoms with Crippen molar-refractivity contribution in [3.63, 3.8) is 0 Å². The third kappa shape index (κ3) is 2.60. The molecule has 0 spiro atoms. The highest BCUT2D eigenvalue weighted by molar-refractivity contribution is 6.33. The molecular formula is C21H17ClFNO3. The maximum Gasteiger partial charge on any atom is 0.339 e. The number of hydrogen-bond acceptors (Lipinski definition) is 4. The zero-order valence-corrected chi connectivity index (χ0v) is 15.3. The number of para-hydroxylation sites is 1. The summed E-state index contributed by atoms with van der Waals surface area (Å²) in [6.07, 6.45) is 3.61. The molecule has 5 rings (SSSR count). The minimum absolute atomic E-state index is 0.175. The molecule has 0 saturated carbocycles. The quantitative estimate of drug-likeness (QED) is 0.563. The molecule has 0 fully saturated rings. The van der Waals surface area contributed by atoms with Crippen molar-refractivity contribution in [1.82, 2.24) is 0 Å². The molecule has 1 aliphatic heterocycles. The van der Waals surface area contributed by atoms with Gasteiger partial charge in [-0.1, -0.05) is 23.7 Å². The normalized spacial score (nSPS) is 16.0. The van der Waals surface area contributed by atoms with Crippen LogP contribution >= 0.6 is 11.6 Å². The summed E-state index contributed by atoms with van der Waals surface area (Å²) >= 11 is 6.49. The molecule has 2 heterocycles. The molecule has 0 saturated heterocycles. The van der Waals surface area contributed by atoms with E-state index < -0.39 is 0 Å². The second-order valence-electron chi connectivity index (χ2n) is 7.02. The molecule has 0 bridgehead atoms. The van der Waals surface area contributed by atoms with Gasteiger partial charge in [0.05, 0.1) is 22.8 Å². The minimum Gasteiger partial charge on any atom is -0.471 e. The summed E-state index contributed by atoms with van der Waals surface area (Å²) in [5, 5.41) is 1.36. The fraction of sp³-hybridized carbons (Fsp3) is 0.286. The van der Waals surface area contributed by atoms with Crippen LogP contribution in [-0.2, 0) is 19.4 Å². The highest BCUT2D eigenvalue weighted by Crippen LogP contribution is 2.41. The minimum atomic E-state index is -0.324. The number of rotatable bonds is 1. The Labute approximate surface area is 160 Å². The summed E-state index contributed by atoms with van der Waals surface area (Å²) in [6, 6.07) is 8.38. The van der Waals surface area contributed by atoms with Crippen molar-refractivity contribution in [2.75, 3.05) is 11.6 Å². The van der Waals surface area contributed by atoms with E-state index in [2.05, 4.69) is 0 Å². The summed E-state index contributed by atoms with van der Waals surface area (Å²) < 4.78 is 25.8. The third-order valence-corrected chi connectivity index (χ3v) is 5.70. The van der Waals surface area contributed by atoms with Crippen LogP contribution in [0.25, 0.3) is 11.0 Å². The molecule has 2 aliphatic rings. The Bertz CT molecular complexity index is 1120. The Balaban J connectivity index is 1.71. The number of fused-ring (bicyclic) bond motifs is 5. The van der Waals surface area contributed by atoms with Gasteiger partial charge in [0.1, 0.15) is 17.1 Å². The lowest BCUT2D eigenvalue weighted by Crippen LogP contribution is -2.33. The van der Waals surface area contributed by atoms with Gasteiger partial charge in [0.25, 0.3) is 0 Å². The Morgan fingerprint density at radius 1 is 1.07 bits per heavy atom. The van der Waals surface area contributed by atoms with Crippen molar-refractivity contribution >= 4 is 28.3 Å². The van der Waals surface area contributed by atoms with Crippen LogP contribution in [0.1, 0.15) is 29.5 Å². The van der Waals surface area contributed by atoms with E-state index in [0.717, 1.165) is 42.2 Å². The summed E-state index contributed by atoms with van der Waals surface area (Å²) in [5.41, 5.74) is 3.13. The van der Waals surface area contributed by atoms with E-state index in [4.69, 9.17) is 20.8 Å².